The van der Waals surface area contributed by atoms with Crippen molar-refractivity contribution in [2.75, 3.05) is 42.4 Å². The first kappa shape index (κ1) is 17.2. The SMILES string of the molecule is CS(=O)(=O)CCS(=O)(=O)NCCSCCCO. The number of hydrogen-bond acceptors (Lipinski definition) is 6. The van der Waals surface area contributed by atoms with Gasteiger partial charge in [0.15, 0.2) is 0 Å². The van der Waals surface area contributed by atoms with E-state index in [1.54, 1.807) is 0 Å². The minimum absolute atomic E-state index is 0.132. The van der Waals surface area contributed by atoms with E-state index in [9.17, 15) is 16.8 Å². The highest BCUT2D eigenvalue weighted by Crippen LogP contribution is 2.00. The van der Waals surface area contributed by atoms with Gasteiger partial charge in [-0.1, -0.05) is 0 Å². The van der Waals surface area contributed by atoms with Crippen molar-refractivity contribution in [3.8, 4) is 0 Å². The molecule has 0 atom stereocenters. The highest BCUT2D eigenvalue weighted by Gasteiger charge is 2.13. The van der Waals surface area contributed by atoms with Crippen LogP contribution < -0.4 is 4.72 Å². The van der Waals surface area contributed by atoms with Gasteiger partial charge in [0.2, 0.25) is 10.0 Å². The fourth-order valence-electron chi connectivity index (χ4n) is 0.871. The number of sulfonamides is 1. The van der Waals surface area contributed by atoms with E-state index < -0.39 is 25.6 Å². The van der Waals surface area contributed by atoms with Crippen molar-refractivity contribution >= 4 is 31.6 Å². The zero-order chi connectivity index (χ0) is 13.4. The second-order valence-electron chi connectivity index (χ2n) is 3.53. The first-order chi connectivity index (χ1) is 7.77. The van der Waals surface area contributed by atoms with E-state index in [0.29, 0.717) is 12.2 Å². The Kier molecular flexibility index (Phi) is 8.39. The van der Waals surface area contributed by atoms with Crippen LogP contribution in [-0.4, -0.2) is 64.4 Å². The van der Waals surface area contributed by atoms with Gasteiger partial charge < -0.3 is 5.11 Å². The summed E-state index contributed by atoms with van der Waals surface area (Å²) in [5.41, 5.74) is 0. The monoisotopic (exact) mass is 305 g/mol. The Balaban J connectivity index is 3.72. The molecule has 0 aromatic carbocycles. The summed E-state index contributed by atoms with van der Waals surface area (Å²) in [5.74, 6) is 0.632. The molecular weight excluding hydrogens is 286 g/mol. The largest absolute Gasteiger partial charge is 0.396 e. The summed E-state index contributed by atoms with van der Waals surface area (Å²) in [4.78, 5) is 0. The Hall–Kier alpha value is 0.170. The maximum absolute atomic E-state index is 11.3. The van der Waals surface area contributed by atoms with Gasteiger partial charge >= 0.3 is 0 Å². The van der Waals surface area contributed by atoms with Gasteiger partial charge in [0.05, 0.1) is 11.5 Å². The predicted molar refractivity (Wildman–Crippen MR) is 70.5 cm³/mol. The second kappa shape index (κ2) is 8.30. The number of rotatable bonds is 10. The molecular formula is C8H19NO5S3. The molecule has 0 aromatic rings. The minimum atomic E-state index is -3.50. The standard InChI is InChI=1S/C8H19NO5S3/c1-16(11,12)7-8-17(13,14)9-3-6-15-5-2-4-10/h9-10H,2-8H2,1H3. The first-order valence-corrected chi connectivity index (χ1v) is 9.97. The summed E-state index contributed by atoms with van der Waals surface area (Å²) in [6.07, 6.45) is 1.69. The fraction of sp³-hybridized carbons (Fsp3) is 1.00. The molecule has 0 spiro atoms. The summed E-state index contributed by atoms with van der Waals surface area (Å²) in [6, 6.07) is 0. The molecule has 0 fully saturated rings. The molecule has 0 saturated carbocycles. The smallest absolute Gasteiger partial charge is 0.212 e. The zero-order valence-corrected chi connectivity index (χ0v) is 12.2. The number of thioether (sulfide) groups is 1. The second-order valence-corrected chi connectivity index (χ2v) is 8.94. The first-order valence-electron chi connectivity index (χ1n) is 5.10. The van der Waals surface area contributed by atoms with Crippen LogP contribution in [0.25, 0.3) is 0 Å². The summed E-state index contributed by atoms with van der Waals surface area (Å²) in [7, 11) is -6.75. The van der Waals surface area contributed by atoms with Crippen LogP contribution in [0.3, 0.4) is 0 Å². The van der Waals surface area contributed by atoms with Crippen molar-refractivity contribution in [3.05, 3.63) is 0 Å². The van der Waals surface area contributed by atoms with Crippen LogP contribution >= 0.6 is 11.8 Å². The quantitative estimate of drug-likeness (QED) is 0.506. The van der Waals surface area contributed by atoms with Crippen LogP contribution in [0.4, 0.5) is 0 Å². The maximum Gasteiger partial charge on any atom is 0.212 e. The molecule has 17 heavy (non-hydrogen) atoms. The van der Waals surface area contributed by atoms with Gasteiger partial charge in [-0.3, -0.25) is 0 Å². The highest BCUT2D eigenvalue weighted by atomic mass is 32.2. The Morgan fingerprint density at radius 1 is 1.12 bits per heavy atom. The number of sulfone groups is 1. The molecule has 2 N–H and O–H groups in total. The lowest BCUT2D eigenvalue weighted by Gasteiger charge is -2.05. The van der Waals surface area contributed by atoms with Crippen molar-refractivity contribution in [2.24, 2.45) is 0 Å². The fourth-order valence-corrected chi connectivity index (χ4v) is 4.43. The average Bonchev–Trinajstić information content (AvgIpc) is 2.20. The average molecular weight is 305 g/mol. The van der Waals surface area contributed by atoms with Crippen molar-refractivity contribution in [2.45, 2.75) is 6.42 Å². The number of nitrogens with one attached hydrogen (secondary N) is 1. The van der Waals surface area contributed by atoms with E-state index in [0.717, 1.165) is 12.0 Å². The number of hydrogen-bond donors (Lipinski definition) is 2. The molecule has 0 amide bonds. The Morgan fingerprint density at radius 2 is 1.76 bits per heavy atom. The van der Waals surface area contributed by atoms with Gasteiger partial charge in [0, 0.05) is 25.2 Å². The Bertz CT molecular complexity index is 389. The van der Waals surface area contributed by atoms with E-state index in [4.69, 9.17) is 5.11 Å². The van der Waals surface area contributed by atoms with Crippen molar-refractivity contribution in [1.29, 1.82) is 0 Å². The molecule has 0 aliphatic carbocycles. The molecule has 9 heteroatoms. The molecule has 0 heterocycles. The van der Waals surface area contributed by atoms with Crippen LogP contribution in [0.2, 0.25) is 0 Å². The lowest BCUT2D eigenvalue weighted by molar-refractivity contribution is 0.296. The predicted octanol–water partition coefficient (Wildman–Crippen LogP) is -0.934. The molecule has 0 aliphatic heterocycles. The molecule has 0 saturated heterocycles. The molecule has 0 bridgehead atoms. The van der Waals surface area contributed by atoms with E-state index in [-0.39, 0.29) is 18.9 Å². The van der Waals surface area contributed by atoms with Crippen molar-refractivity contribution in [1.82, 2.24) is 4.72 Å². The zero-order valence-electron chi connectivity index (χ0n) is 9.75. The van der Waals surface area contributed by atoms with Crippen molar-refractivity contribution < 1.29 is 21.9 Å². The molecule has 0 radical (unpaired) electrons. The normalized spacial score (nSPS) is 12.8. The Labute approximate surface area is 107 Å². The molecule has 0 rings (SSSR count). The van der Waals surface area contributed by atoms with Gasteiger partial charge in [0.25, 0.3) is 0 Å². The van der Waals surface area contributed by atoms with E-state index in [1.807, 2.05) is 0 Å². The van der Waals surface area contributed by atoms with Gasteiger partial charge in [-0.25, -0.2) is 21.6 Å². The number of aliphatic hydroxyl groups is 1. The third kappa shape index (κ3) is 12.4. The van der Waals surface area contributed by atoms with Crippen LogP contribution in [0.15, 0.2) is 0 Å². The number of aliphatic hydroxyl groups excluding tert-OH is 1. The molecule has 0 unspecified atom stereocenters. The summed E-state index contributed by atoms with van der Waals surface area (Å²) < 4.78 is 46.6. The molecule has 104 valence electrons. The third-order valence-electron chi connectivity index (χ3n) is 1.74. The topological polar surface area (TPSA) is 101 Å². The van der Waals surface area contributed by atoms with Gasteiger partial charge in [-0.2, -0.15) is 11.8 Å². The minimum Gasteiger partial charge on any atom is -0.396 e. The van der Waals surface area contributed by atoms with Gasteiger partial charge in [-0.15, -0.1) is 0 Å². The molecule has 0 aliphatic rings. The van der Waals surface area contributed by atoms with Crippen LogP contribution in [0.1, 0.15) is 6.42 Å². The van der Waals surface area contributed by atoms with E-state index in [1.165, 1.54) is 11.8 Å². The third-order valence-corrected chi connectivity index (χ3v) is 5.40. The summed E-state index contributed by atoms with van der Waals surface area (Å²) >= 11 is 1.54. The Morgan fingerprint density at radius 3 is 2.29 bits per heavy atom. The van der Waals surface area contributed by atoms with E-state index in [2.05, 4.69) is 4.72 Å². The van der Waals surface area contributed by atoms with Crippen LogP contribution in [0, 0.1) is 0 Å². The van der Waals surface area contributed by atoms with Crippen molar-refractivity contribution in [3.63, 3.8) is 0 Å². The highest BCUT2D eigenvalue weighted by molar-refractivity contribution is 7.99. The lowest BCUT2D eigenvalue weighted by atomic mass is 10.5. The maximum atomic E-state index is 11.3. The van der Waals surface area contributed by atoms with Crippen LogP contribution in [-0.2, 0) is 19.9 Å². The van der Waals surface area contributed by atoms with E-state index >= 15 is 0 Å². The summed E-state index contributed by atoms with van der Waals surface area (Å²) in [6.45, 7) is 0.412. The van der Waals surface area contributed by atoms with Crippen LogP contribution in [0.5, 0.6) is 0 Å². The summed E-state index contributed by atoms with van der Waals surface area (Å²) in [5, 5.41) is 8.52. The van der Waals surface area contributed by atoms with Gasteiger partial charge in [0.1, 0.15) is 9.84 Å². The van der Waals surface area contributed by atoms with Gasteiger partial charge in [-0.05, 0) is 12.2 Å². The molecule has 6 nitrogen and oxygen atoms in total. The molecule has 0 aromatic heterocycles. The lowest BCUT2D eigenvalue weighted by Crippen LogP contribution is -2.31.